The number of rotatable bonds is 6. The Balaban J connectivity index is 0.000000356. The smallest absolute Gasteiger partial charge is 0.326 e. The third-order valence-corrected chi connectivity index (χ3v) is 6.29. The molecule has 1 heterocycles. The first-order valence-electron chi connectivity index (χ1n) is 7.80. The molecule has 1 aliphatic heterocycles. The van der Waals surface area contributed by atoms with Crippen molar-refractivity contribution >= 4 is 9.28 Å². The zero-order valence-electron chi connectivity index (χ0n) is 13.9. The van der Waals surface area contributed by atoms with E-state index in [2.05, 4.69) is 33.0 Å². The van der Waals surface area contributed by atoms with E-state index in [9.17, 15) is 0 Å². The molecule has 0 radical (unpaired) electrons. The summed E-state index contributed by atoms with van der Waals surface area (Å²) in [4.78, 5) is 0. The summed E-state index contributed by atoms with van der Waals surface area (Å²) >= 11 is 0. The first-order chi connectivity index (χ1) is 9.01. The predicted molar refractivity (Wildman–Crippen MR) is 86.0 cm³/mol. The zero-order chi connectivity index (χ0) is 14.7. The summed E-state index contributed by atoms with van der Waals surface area (Å²) in [5.74, 6) is 0. The van der Waals surface area contributed by atoms with Crippen molar-refractivity contribution in [2.24, 2.45) is 0 Å². The average Bonchev–Trinajstić information content (AvgIpc) is 2.41. The van der Waals surface area contributed by atoms with Crippen LogP contribution in [-0.4, -0.2) is 36.1 Å². The van der Waals surface area contributed by atoms with E-state index in [1.807, 2.05) is 0 Å². The van der Waals surface area contributed by atoms with E-state index in [0.29, 0.717) is 0 Å². The van der Waals surface area contributed by atoms with Crippen LogP contribution in [0.1, 0.15) is 66.2 Å². The fourth-order valence-electron chi connectivity index (χ4n) is 2.77. The first kappa shape index (κ1) is 19.1. The van der Waals surface area contributed by atoms with Crippen LogP contribution < -0.4 is 5.32 Å². The molecule has 0 amide bonds. The molecule has 1 N–H and O–H groups in total. The Morgan fingerprint density at radius 3 is 2.11 bits per heavy atom. The Morgan fingerprint density at radius 1 is 1.16 bits per heavy atom. The highest BCUT2D eigenvalue weighted by Gasteiger charge is 2.31. The monoisotopic (exact) mass is 289 g/mol. The van der Waals surface area contributed by atoms with Crippen LogP contribution in [0.5, 0.6) is 0 Å². The Bertz CT molecular complexity index is 202. The number of nitrogens with one attached hydrogen (secondary N) is 1. The van der Waals surface area contributed by atoms with Crippen molar-refractivity contribution in [3.05, 3.63) is 0 Å². The van der Waals surface area contributed by atoms with Gasteiger partial charge in [-0.3, -0.25) is 0 Å². The van der Waals surface area contributed by atoms with Crippen LogP contribution in [0.4, 0.5) is 0 Å². The van der Waals surface area contributed by atoms with E-state index in [-0.39, 0.29) is 5.04 Å². The number of hydrogen-bond donors (Lipinski definition) is 1. The lowest BCUT2D eigenvalue weighted by Gasteiger charge is -2.29. The minimum absolute atomic E-state index is 0.262. The van der Waals surface area contributed by atoms with Gasteiger partial charge in [-0.2, -0.15) is 0 Å². The third kappa shape index (κ3) is 8.08. The molecule has 0 aromatic rings. The minimum Gasteiger partial charge on any atom is -0.400 e. The van der Waals surface area contributed by atoms with Crippen LogP contribution in [0.15, 0.2) is 0 Å². The van der Waals surface area contributed by atoms with Crippen molar-refractivity contribution in [1.29, 1.82) is 0 Å². The van der Waals surface area contributed by atoms with E-state index in [1.165, 1.54) is 45.1 Å². The molecule has 1 rings (SSSR count). The van der Waals surface area contributed by atoms with Crippen LogP contribution >= 0.6 is 0 Å². The maximum absolute atomic E-state index is 5.33. The molecular weight excluding hydrogens is 254 g/mol. The van der Waals surface area contributed by atoms with Gasteiger partial charge in [-0.15, -0.1) is 0 Å². The fraction of sp³-hybridized carbons (Fsp3) is 1.00. The molecular formula is C15H35NO2Si. The van der Waals surface area contributed by atoms with Gasteiger partial charge in [-0.05, 0) is 32.2 Å². The summed E-state index contributed by atoms with van der Waals surface area (Å²) < 4.78 is 10.7. The molecule has 1 saturated heterocycles. The van der Waals surface area contributed by atoms with E-state index >= 15 is 0 Å². The van der Waals surface area contributed by atoms with Crippen molar-refractivity contribution in [1.82, 2.24) is 5.32 Å². The topological polar surface area (TPSA) is 30.5 Å². The van der Waals surface area contributed by atoms with Gasteiger partial charge in [0.25, 0.3) is 0 Å². The molecule has 0 aliphatic carbocycles. The molecule has 19 heavy (non-hydrogen) atoms. The zero-order valence-corrected chi connectivity index (χ0v) is 15.1. The Kier molecular flexibility index (Phi) is 10.9. The summed E-state index contributed by atoms with van der Waals surface area (Å²) in [6.07, 6.45) is 7.91. The number of hydrogen-bond acceptors (Lipinski definition) is 3. The molecule has 3 nitrogen and oxygen atoms in total. The second kappa shape index (κ2) is 10.8. The largest absolute Gasteiger partial charge is 0.400 e. The quantitative estimate of drug-likeness (QED) is 0.758. The Hall–Kier alpha value is 0.0969. The van der Waals surface area contributed by atoms with Gasteiger partial charge in [0.15, 0.2) is 0 Å². The second-order valence-corrected chi connectivity index (χ2v) is 9.27. The Morgan fingerprint density at radius 2 is 1.79 bits per heavy atom. The summed E-state index contributed by atoms with van der Waals surface area (Å²) in [6, 6.07) is 0.837. The van der Waals surface area contributed by atoms with Crippen molar-refractivity contribution in [3.8, 4) is 0 Å². The average molecular weight is 290 g/mol. The highest BCUT2D eigenvalue weighted by Crippen LogP contribution is 2.34. The van der Waals surface area contributed by atoms with Crippen LogP contribution in [0.2, 0.25) is 5.04 Å². The summed E-state index contributed by atoms with van der Waals surface area (Å²) in [5.41, 5.74) is 0. The lowest BCUT2D eigenvalue weighted by atomic mass is 10.0. The lowest BCUT2D eigenvalue weighted by molar-refractivity contribution is 0.242. The predicted octanol–water partition coefficient (Wildman–Crippen LogP) is 3.62. The molecule has 1 unspecified atom stereocenters. The lowest BCUT2D eigenvalue weighted by Crippen LogP contribution is -2.32. The Labute approximate surface area is 122 Å². The van der Waals surface area contributed by atoms with Crippen molar-refractivity contribution in [2.45, 2.75) is 77.3 Å². The highest BCUT2D eigenvalue weighted by atomic mass is 28.3. The molecule has 0 bridgehead atoms. The minimum atomic E-state index is -1.42. The molecule has 0 aromatic heterocycles. The van der Waals surface area contributed by atoms with Gasteiger partial charge in [-0.1, -0.05) is 40.5 Å². The molecule has 0 spiro atoms. The van der Waals surface area contributed by atoms with Gasteiger partial charge in [0.2, 0.25) is 0 Å². The molecule has 0 aromatic carbocycles. The van der Waals surface area contributed by atoms with E-state index in [1.54, 1.807) is 14.2 Å². The normalized spacial score (nSPS) is 20.1. The third-order valence-electron chi connectivity index (χ3n) is 3.87. The van der Waals surface area contributed by atoms with E-state index in [4.69, 9.17) is 8.85 Å². The van der Waals surface area contributed by atoms with Crippen molar-refractivity contribution < 1.29 is 8.85 Å². The maximum atomic E-state index is 5.33. The van der Waals surface area contributed by atoms with Crippen LogP contribution in [0.3, 0.4) is 0 Å². The molecule has 0 saturated carbocycles. The van der Waals surface area contributed by atoms with Gasteiger partial charge in [0.1, 0.15) is 0 Å². The van der Waals surface area contributed by atoms with Gasteiger partial charge >= 0.3 is 9.28 Å². The second-order valence-electron chi connectivity index (χ2n) is 6.10. The SMILES string of the molecule is CCC1CCCCN1.CCCC(C)(C)[SiH](OC)OC. The maximum Gasteiger partial charge on any atom is 0.326 e. The van der Waals surface area contributed by atoms with Crippen LogP contribution in [0, 0.1) is 0 Å². The van der Waals surface area contributed by atoms with Crippen molar-refractivity contribution in [3.63, 3.8) is 0 Å². The standard InChI is InChI=1S/C8H20O2Si.C7H15N/c1-6-7-8(2,3)11(9-4)10-5;1-2-7-5-3-4-6-8-7/h11H,6-7H2,1-5H3;7-8H,2-6H2,1H3. The molecule has 1 fully saturated rings. The van der Waals surface area contributed by atoms with E-state index in [0.717, 1.165) is 6.04 Å². The molecule has 4 heteroatoms. The van der Waals surface area contributed by atoms with Crippen LogP contribution in [-0.2, 0) is 8.85 Å². The molecule has 1 aliphatic rings. The molecule has 1 atom stereocenters. The van der Waals surface area contributed by atoms with Gasteiger partial charge < -0.3 is 14.2 Å². The van der Waals surface area contributed by atoms with Gasteiger partial charge in [0.05, 0.1) is 0 Å². The van der Waals surface area contributed by atoms with Gasteiger partial charge in [-0.25, -0.2) is 0 Å². The first-order valence-corrected chi connectivity index (χ1v) is 9.32. The summed E-state index contributed by atoms with van der Waals surface area (Å²) in [5, 5.41) is 3.73. The number of piperidine rings is 1. The fourth-order valence-corrected chi connectivity index (χ4v) is 4.76. The summed E-state index contributed by atoms with van der Waals surface area (Å²) in [7, 11) is 2.08. The summed E-state index contributed by atoms with van der Waals surface area (Å²) in [6.45, 7) is 10.1. The molecule has 116 valence electrons. The van der Waals surface area contributed by atoms with E-state index < -0.39 is 9.28 Å². The van der Waals surface area contributed by atoms with Crippen LogP contribution in [0.25, 0.3) is 0 Å². The van der Waals surface area contributed by atoms with Crippen molar-refractivity contribution in [2.75, 3.05) is 20.8 Å². The highest BCUT2D eigenvalue weighted by molar-refractivity contribution is 6.48. The van der Waals surface area contributed by atoms with Gasteiger partial charge in [0, 0.05) is 25.3 Å².